The van der Waals surface area contributed by atoms with Crippen LogP contribution < -0.4 is 4.90 Å². The second-order valence-corrected chi connectivity index (χ2v) is 6.91. The second-order valence-electron chi connectivity index (χ2n) is 4.97. The van der Waals surface area contributed by atoms with Gasteiger partial charge in [0.2, 0.25) is 0 Å². The van der Waals surface area contributed by atoms with Gasteiger partial charge in [-0.15, -0.1) is 0 Å². The van der Waals surface area contributed by atoms with Crippen LogP contribution in [-0.4, -0.2) is 26.4 Å². The normalized spacial score (nSPS) is 12.0. The summed E-state index contributed by atoms with van der Waals surface area (Å²) in [7, 11) is -5.47. The molecule has 25 heavy (non-hydrogen) atoms. The molecule has 134 valence electrons. The van der Waals surface area contributed by atoms with Gasteiger partial charge in [0.25, 0.3) is 15.7 Å². The minimum Gasteiger partial charge on any atom is -0.309 e. The summed E-state index contributed by atoms with van der Waals surface area (Å²) < 4.78 is 74.1. The van der Waals surface area contributed by atoms with Gasteiger partial charge in [-0.2, -0.15) is 13.2 Å². The SMILES string of the molecule is CCN(C(=O)c1ccccc1F)c1ccc(S(=O)(=O)C(F)(F)F)cc1. The first-order chi connectivity index (χ1) is 11.6. The summed E-state index contributed by atoms with van der Waals surface area (Å²) in [6.45, 7) is 1.71. The lowest BCUT2D eigenvalue weighted by molar-refractivity contribution is -0.0436. The number of rotatable bonds is 4. The molecule has 0 saturated heterocycles. The Balaban J connectivity index is 2.37. The maximum Gasteiger partial charge on any atom is 0.501 e. The van der Waals surface area contributed by atoms with Gasteiger partial charge in [-0.25, -0.2) is 12.8 Å². The molecule has 1 amide bonds. The van der Waals surface area contributed by atoms with E-state index in [0.29, 0.717) is 0 Å². The molecule has 2 aromatic rings. The van der Waals surface area contributed by atoms with E-state index in [-0.39, 0.29) is 17.8 Å². The summed E-state index contributed by atoms with van der Waals surface area (Å²) in [4.78, 5) is 12.6. The van der Waals surface area contributed by atoms with Crippen molar-refractivity contribution in [1.82, 2.24) is 0 Å². The minimum absolute atomic E-state index is 0.110. The van der Waals surface area contributed by atoms with Crippen LogP contribution in [0.2, 0.25) is 0 Å². The third-order valence-corrected chi connectivity index (χ3v) is 4.93. The van der Waals surface area contributed by atoms with Gasteiger partial charge in [-0.05, 0) is 43.3 Å². The molecule has 0 aromatic heterocycles. The molecular weight excluding hydrogens is 362 g/mol. The number of hydrogen-bond donors (Lipinski definition) is 0. The van der Waals surface area contributed by atoms with E-state index in [4.69, 9.17) is 0 Å². The van der Waals surface area contributed by atoms with Crippen molar-refractivity contribution in [3.63, 3.8) is 0 Å². The maximum atomic E-state index is 13.8. The van der Waals surface area contributed by atoms with Gasteiger partial charge in [0.1, 0.15) is 5.82 Å². The Morgan fingerprint density at radius 1 is 1.04 bits per heavy atom. The Morgan fingerprint density at radius 3 is 2.08 bits per heavy atom. The zero-order valence-electron chi connectivity index (χ0n) is 12.9. The van der Waals surface area contributed by atoms with Gasteiger partial charge in [0.05, 0.1) is 10.5 Å². The highest BCUT2D eigenvalue weighted by atomic mass is 32.2. The Labute approximate surface area is 141 Å². The van der Waals surface area contributed by atoms with Gasteiger partial charge >= 0.3 is 5.51 Å². The lowest BCUT2D eigenvalue weighted by Crippen LogP contribution is -2.31. The average Bonchev–Trinajstić information content (AvgIpc) is 2.55. The number of benzene rings is 2. The first-order valence-electron chi connectivity index (χ1n) is 7.07. The molecule has 0 atom stereocenters. The first-order valence-corrected chi connectivity index (χ1v) is 8.55. The molecular formula is C16H13F4NO3S. The van der Waals surface area contributed by atoms with Crippen LogP contribution in [0.1, 0.15) is 17.3 Å². The fourth-order valence-electron chi connectivity index (χ4n) is 2.16. The zero-order valence-corrected chi connectivity index (χ0v) is 13.7. The molecule has 0 saturated carbocycles. The van der Waals surface area contributed by atoms with E-state index in [1.54, 1.807) is 6.92 Å². The number of sulfone groups is 1. The molecule has 9 heteroatoms. The van der Waals surface area contributed by atoms with E-state index in [0.717, 1.165) is 35.2 Å². The number of nitrogens with zero attached hydrogens (tertiary/aromatic N) is 1. The number of halogens is 4. The van der Waals surface area contributed by atoms with Crippen molar-refractivity contribution in [3.05, 3.63) is 59.9 Å². The second kappa shape index (κ2) is 6.83. The van der Waals surface area contributed by atoms with Gasteiger partial charge < -0.3 is 4.90 Å². The van der Waals surface area contributed by atoms with Crippen molar-refractivity contribution in [1.29, 1.82) is 0 Å². The topological polar surface area (TPSA) is 54.5 Å². The summed E-state index contributed by atoms with van der Waals surface area (Å²) in [5, 5.41) is 0. The number of alkyl halides is 3. The average molecular weight is 375 g/mol. The highest BCUT2D eigenvalue weighted by Crippen LogP contribution is 2.31. The fourth-order valence-corrected chi connectivity index (χ4v) is 2.92. The fraction of sp³-hybridized carbons (Fsp3) is 0.188. The summed E-state index contributed by atoms with van der Waals surface area (Å²) >= 11 is 0. The summed E-state index contributed by atoms with van der Waals surface area (Å²) in [5.41, 5.74) is -5.46. The van der Waals surface area contributed by atoms with E-state index in [1.807, 2.05) is 0 Å². The molecule has 0 fully saturated rings. The quantitative estimate of drug-likeness (QED) is 0.764. The van der Waals surface area contributed by atoms with E-state index in [2.05, 4.69) is 0 Å². The molecule has 4 nitrogen and oxygen atoms in total. The standard InChI is InChI=1S/C16H13F4NO3S/c1-2-21(15(22)13-5-3-4-6-14(13)17)11-7-9-12(10-8-11)25(23,24)16(18,19)20/h3-10H,2H2,1H3. The molecule has 0 spiro atoms. The predicted molar refractivity (Wildman–Crippen MR) is 83.4 cm³/mol. The molecule has 0 bridgehead atoms. The molecule has 2 rings (SSSR count). The molecule has 0 N–H and O–H groups in total. The van der Waals surface area contributed by atoms with Gasteiger partial charge in [0, 0.05) is 12.2 Å². The van der Waals surface area contributed by atoms with Gasteiger partial charge in [-0.3, -0.25) is 4.79 Å². The van der Waals surface area contributed by atoms with Crippen LogP contribution in [0, 0.1) is 5.82 Å². The van der Waals surface area contributed by atoms with Crippen molar-refractivity contribution >= 4 is 21.4 Å². The Morgan fingerprint density at radius 2 is 1.60 bits per heavy atom. The minimum atomic E-state index is -5.47. The maximum absolute atomic E-state index is 13.8. The van der Waals surface area contributed by atoms with Crippen molar-refractivity contribution in [2.24, 2.45) is 0 Å². The van der Waals surface area contributed by atoms with E-state index >= 15 is 0 Å². The molecule has 0 aliphatic heterocycles. The van der Waals surface area contributed by atoms with Crippen LogP contribution in [0.15, 0.2) is 53.4 Å². The van der Waals surface area contributed by atoms with Crippen LogP contribution in [-0.2, 0) is 9.84 Å². The highest BCUT2D eigenvalue weighted by molar-refractivity contribution is 7.92. The van der Waals surface area contributed by atoms with Gasteiger partial charge in [0.15, 0.2) is 0 Å². The molecule has 0 unspecified atom stereocenters. The third kappa shape index (κ3) is 3.65. The summed E-state index contributed by atoms with van der Waals surface area (Å²) in [6.07, 6.45) is 0. The number of carbonyl (C=O) groups excluding carboxylic acids is 1. The van der Waals surface area contributed by atoms with Crippen LogP contribution in [0.25, 0.3) is 0 Å². The molecule has 0 heterocycles. The monoisotopic (exact) mass is 375 g/mol. The van der Waals surface area contributed by atoms with E-state index < -0.39 is 32.0 Å². The van der Waals surface area contributed by atoms with Crippen molar-refractivity contribution in [2.45, 2.75) is 17.3 Å². The lowest BCUT2D eigenvalue weighted by Gasteiger charge is -2.21. The molecule has 0 aliphatic rings. The van der Waals surface area contributed by atoms with Crippen molar-refractivity contribution < 1.29 is 30.8 Å². The van der Waals surface area contributed by atoms with E-state index in [9.17, 15) is 30.8 Å². The third-order valence-electron chi connectivity index (χ3n) is 3.43. The Bertz CT molecular complexity index is 877. The van der Waals surface area contributed by atoms with Gasteiger partial charge in [-0.1, -0.05) is 12.1 Å². The highest BCUT2D eigenvalue weighted by Gasteiger charge is 2.46. The number of hydrogen-bond acceptors (Lipinski definition) is 3. The smallest absolute Gasteiger partial charge is 0.309 e. The molecule has 2 aromatic carbocycles. The Kier molecular flexibility index (Phi) is 5.17. The van der Waals surface area contributed by atoms with Crippen molar-refractivity contribution in [3.8, 4) is 0 Å². The lowest BCUT2D eigenvalue weighted by atomic mass is 10.1. The van der Waals surface area contributed by atoms with Crippen molar-refractivity contribution in [2.75, 3.05) is 11.4 Å². The number of anilines is 1. The molecule has 0 aliphatic carbocycles. The first kappa shape index (κ1) is 18.9. The zero-order chi connectivity index (χ0) is 18.8. The largest absolute Gasteiger partial charge is 0.501 e. The Hall–Kier alpha value is -2.42. The predicted octanol–water partition coefficient (Wildman–Crippen LogP) is 3.79. The summed E-state index contributed by atoms with van der Waals surface area (Å²) in [5.74, 6) is -1.42. The van der Waals surface area contributed by atoms with Crippen LogP contribution >= 0.6 is 0 Å². The summed E-state index contributed by atoms with van der Waals surface area (Å²) in [6, 6.07) is 8.94. The van der Waals surface area contributed by atoms with E-state index in [1.165, 1.54) is 18.2 Å². The van der Waals surface area contributed by atoms with Crippen LogP contribution in [0.5, 0.6) is 0 Å². The number of amides is 1. The number of carbonyl (C=O) groups is 1. The van der Waals surface area contributed by atoms with Crippen LogP contribution in [0.4, 0.5) is 23.2 Å². The van der Waals surface area contributed by atoms with Crippen LogP contribution in [0.3, 0.4) is 0 Å². The molecule has 0 radical (unpaired) electrons.